The van der Waals surface area contributed by atoms with Gasteiger partial charge in [-0.1, -0.05) is 0 Å². The minimum Gasteiger partial charge on any atom is -0.314 e. The summed E-state index contributed by atoms with van der Waals surface area (Å²) in [5.41, 5.74) is 0. The molecule has 2 aliphatic rings. The summed E-state index contributed by atoms with van der Waals surface area (Å²) in [6.07, 6.45) is 2.99. The van der Waals surface area contributed by atoms with Gasteiger partial charge in [0.1, 0.15) is 4.90 Å². The Labute approximate surface area is 142 Å². The topological polar surface area (TPSA) is 99.7 Å². The zero-order valence-corrected chi connectivity index (χ0v) is 15.2. The molecule has 0 amide bonds. The van der Waals surface area contributed by atoms with Gasteiger partial charge in [-0.15, -0.1) is 0 Å². The molecule has 0 aliphatic carbocycles. The molecule has 2 aliphatic heterocycles. The molecular formula is C14H22N4O4S2. The molecule has 2 saturated heterocycles. The van der Waals surface area contributed by atoms with Crippen LogP contribution in [0.3, 0.4) is 0 Å². The number of nitrogens with zero attached hydrogens (tertiary/aromatic N) is 3. The van der Waals surface area contributed by atoms with Crippen LogP contribution >= 0.6 is 0 Å². The van der Waals surface area contributed by atoms with Crippen LogP contribution in [0, 0.1) is 0 Å². The third-order valence-electron chi connectivity index (χ3n) is 4.52. The fraction of sp³-hybridized carbons (Fsp3) is 0.643. The lowest BCUT2D eigenvalue weighted by Crippen LogP contribution is -2.49. The average Bonchev–Trinajstić information content (AvgIpc) is 3.06. The Balaban J connectivity index is 1.74. The number of nitrogens with one attached hydrogen (secondary N) is 1. The Bertz CT molecular complexity index is 787. The van der Waals surface area contributed by atoms with E-state index in [1.807, 2.05) is 0 Å². The first-order valence-electron chi connectivity index (χ1n) is 7.89. The molecule has 1 N–H and O–H groups in total. The number of pyridine rings is 1. The Morgan fingerprint density at radius 3 is 2.42 bits per heavy atom. The molecule has 10 heteroatoms. The molecule has 1 atom stereocenters. The fourth-order valence-electron chi connectivity index (χ4n) is 3.16. The van der Waals surface area contributed by atoms with Crippen LogP contribution in [0.1, 0.15) is 6.42 Å². The molecular weight excluding hydrogens is 352 g/mol. The summed E-state index contributed by atoms with van der Waals surface area (Å²) < 4.78 is 49.8. The summed E-state index contributed by atoms with van der Waals surface area (Å²) in [6.45, 7) is 4.67. The van der Waals surface area contributed by atoms with E-state index >= 15 is 0 Å². The van der Waals surface area contributed by atoms with Crippen molar-refractivity contribution in [2.75, 3.05) is 45.5 Å². The van der Waals surface area contributed by atoms with E-state index in [0.29, 0.717) is 13.1 Å². The quantitative estimate of drug-likeness (QED) is 0.733. The predicted molar refractivity (Wildman–Crippen MR) is 89.0 cm³/mol. The average molecular weight is 374 g/mol. The number of rotatable bonds is 4. The number of hydrogen-bond acceptors (Lipinski definition) is 7. The van der Waals surface area contributed by atoms with E-state index in [9.17, 15) is 16.8 Å². The maximum Gasteiger partial charge on any atom is 0.244 e. The van der Waals surface area contributed by atoms with Gasteiger partial charge in [-0.05, 0) is 18.6 Å². The molecule has 24 heavy (non-hydrogen) atoms. The summed E-state index contributed by atoms with van der Waals surface area (Å²) in [5, 5.41) is 3.17. The monoisotopic (exact) mass is 374 g/mol. The lowest BCUT2D eigenvalue weighted by atomic mass is 10.2. The van der Waals surface area contributed by atoms with Crippen molar-refractivity contribution in [2.24, 2.45) is 0 Å². The first kappa shape index (κ1) is 17.7. The molecule has 1 unspecified atom stereocenters. The summed E-state index contributed by atoms with van der Waals surface area (Å²) in [5.74, 6) is 0. The van der Waals surface area contributed by atoms with Crippen LogP contribution < -0.4 is 5.32 Å². The molecule has 3 heterocycles. The predicted octanol–water partition coefficient (Wildman–Crippen LogP) is -0.847. The number of hydrogen-bond donors (Lipinski definition) is 1. The lowest BCUT2D eigenvalue weighted by Gasteiger charge is -2.32. The van der Waals surface area contributed by atoms with E-state index < -0.39 is 19.9 Å². The highest BCUT2D eigenvalue weighted by atomic mass is 32.2. The van der Waals surface area contributed by atoms with E-state index in [1.54, 1.807) is 0 Å². The number of sulfone groups is 1. The third kappa shape index (κ3) is 3.62. The highest BCUT2D eigenvalue weighted by molar-refractivity contribution is 7.90. The number of sulfonamides is 1. The lowest BCUT2D eigenvalue weighted by molar-refractivity contribution is 0.179. The standard InChI is InChI=1S/C14H22N4O4S2/c1-23(19,20)14-3-2-13(10-16-14)24(21,22)18-7-4-12(11-18)17-8-5-15-6-9-17/h2-3,10,12,15H,4-9,11H2,1H3. The van der Waals surface area contributed by atoms with E-state index in [0.717, 1.165) is 45.1 Å². The van der Waals surface area contributed by atoms with Crippen LogP contribution in [-0.2, 0) is 19.9 Å². The molecule has 0 radical (unpaired) electrons. The van der Waals surface area contributed by atoms with E-state index in [-0.39, 0.29) is 16.0 Å². The van der Waals surface area contributed by atoms with Crippen molar-refractivity contribution >= 4 is 19.9 Å². The second-order valence-electron chi connectivity index (χ2n) is 6.20. The highest BCUT2D eigenvalue weighted by Gasteiger charge is 2.35. The van der Waals surface area contributed by atoms with Gasteiger partial charge in [0.25, 0.3) is 0 Å². The van der Waals surface area contributed by atoms with Crippen molar-refractivity contribution in [3.05, 3.63) is 18.3 Å². The van der Waals surface area contributed by atoms with Gasteiger partial charge < -0.3 is 5.32 Å². The van der Waals surface area contributed by atoms with Crippen LogP contribution in [0.5, 0.6) is 0 Å². The molecule has 134 valence electrons. The molecule has 2 fully saturated rings. The largest absolute Gasteiger partial charge is 0.314 e. The molecule has 1 aromatic rings. The Hall–Kier alpha value is -1.07. The van der Waals surface area contributed by atoms with Gasteiger partial charge in [-0.2, -0.15) is 4.31 Å². The van der Waals surface area contributed by atoms with Crippen LogP contribution in [-0.4, -0.2) is 82.6 Å². The van der Waals surface area contributed by atoms with E-state index in [1.165, 1.54) is 16.4 Å². The van der Waals surface area contributed by atoms with Crippen LogP contribution in [0.25, 0.3) is 0 Å². The molecule has 0 bridgehead atoms. The van der Waals surface area contributed by atoms with Crippen LogP contribution in [0.4, 0.5) is 0 Å². The second kappa shape index (κ2) is 6.68. The maximum absolute atomic E-state index is 12.7. The van der Waals surface area contributed by atoms with E-state index in [4.69, 9.17) is 0 Å². The summed E-state index contributed by atoms with van der Waals surface area (Å²) >= 11 is 0. The van der Waals surface area contributed by atoms with Gasteiger partial charge in [0.05, 0.1) is 0 Å². The molecule has 1 aromatic heterocycles. The van der Waals surface area contributed by atoms with Gasteiger partial charge in [0.2, 0.25) is 10.0 Å². The maximum atomic E-state index is 12.7. The summed E-state index contributed by atoms with van der Waals surface area (Å²) in [6, 6.07) is 2.80. The van der Waals surface area contributed by atoms with Crippen molar-refractivity contribution in [1.82, 2.24) is 19.5 Å². The van der Waals surface area contributed by atoms with Crippen LogP contribution in [0.2, 0.25) is 0 Å². The molecule has 0 aromatic carbocycles. The highest BCUT2D eigenvalue weighted by Crippen LogP contribution is 2.24. The van der Waals surface area contributed by atoms with Crippen LogP contribution in [0.15, 0.2) is 28.3 Å². The zero-order chi connectivity index (χ0) is 17.4. The van der Waals surface area contributed by atoms with Crippen molar-refractivity contribution in [1.29, 1.82) is 0 Å². The van der Waals surface area contributed by atoms with Gasteiger partial charge in [-0.25, -0.2) is 21.8 Å². The van der Waals surface area contributed by atoms with Crippen molar-refractivity contribution < 1.29 is 16.8 Å². The normalized spacial score (nSPS) is 24.3. The molecule has 8 nitrogen and oxygen atoms in total. The van der Waals surface area contributed by atoms with E-state index in [2.05, 4.69) is 15.2 Å². The van der Waals surface area contributed by atoms with Crippen molar-refractivity contribution in [3.8, 4) is 0 Å². The van der Waals surface area contributed by atoms with Crippen molar-refractivity contribution in [2.45, 2.75) is 22.4 Å². The van der Waals surface area contributed by atoms with Gasteiger partial charge >= 0.3 is 0 Å². The Morgan fingerprint density at radius 2 is 1.83 bits per heavy atom. The Kier molecular flexibility index (Phi) is 4.94. The Morgan fingerprint density at radius 1 is 1.12 bits per heavy atom. The number of aromatic nitrogens is 1. The first-order valence-corrected chi connectivity index (χ1v) is 11.2. The third-order valence-corrected chi connectivity index (χ3v) is 7.37. The summed E-state index contributed by atoms with van der Waals surface area (Å²) in [4.78, 5) is 6.15. The minimum absolute atomic E-state index is 0.0378. The fourth-order valence-corrected chi connectivity index (χ4v) is 5.16. The van der Waals surface area contributed by atoms with Crippen molar-refractivity contribution in [3.63, 3.8) is 0 Å². The first-order chi connectivity index (χ1) is 11.3. The zero-order valence-electron chi connectivity index (χ0n) is 13.6. The molecule has 0 spiro atoms. The second-order valence-corrected chi connectivity index (χ2v) is 10.1. The van der Waals surface area contributed by atoms with Gasteiger partial charge in [0, 0.05) is 57.8 Å². The molecule has 0 saturated carbocycles. The van der Waals surface area contributed by atoms with Gasteiger partial charge in [-0.3, -0.25) is 4.90 Å². The summed E-state index contributed by atoms with van der Waals surface area (Å²) in [7, 11) is -7.08. The van der Waals surface area contributed by atoms with Gasteiger partial charge in [0.15, 0.2) is 14.9 Å². The minimum atomic E-state index is -3.64. The smallest absolute Gasteiger partial charge is 0.244 e. The SMILES string of the molecule is CS(=O)(=O)c1ccc(S(=O)(=O)N2CCC(N3CCNCC3)C2)cn1. The molecule has 3 rings (SSSR count). The number of piperazine rings is 1.